The molecule has 0 unspecified atom stereocenters. The number of H-pyrrole nitrogens is 1. The minimum atomic E-state index is 0.142. The number of benzene rings is 2. The fourth-order valence-corrected chi connectivity index (χ4v) is 2.60. The Labute approximate surface area is 146 Å². The zero-order valence-corrected chi connectivity index (χ0v) is 14.6. The highest BCUT2D eigenvalue weighted by Gasteiger charge is 2.08. The summed E-state index contributed by atoms with van der Waals surface area (Å²) >= 11 is 8.60. The lowest BCUT2D eigenvalue weighted by molar-refractivity contribution is 0.474. The lowest BCUT2D eigenvalue weighted by Crippen LogP contribution is -1.95. The van der Waals surface area contributed by atoms with Crippen molar-refractivity contribution < 1.29 is 5.11 Å². The number of halogens is 1. The molecule has 0 amide bonds. The van der Waals surface area contributed by atoms with E-state index in [0.717, 1.165) is 15.6 Å². The molecule has 1 heterocycles. The molecule has 5 nitrogen and oxygen atoms in total. The van der Waals surface area contributed by atoms with Crippen LogP contribution >= 0.6 is 28.1 Å². The number of nitrogens with zero attached hydrogens (tertiary/aromatic N) is 3. The summed E-state index contributed by atoms with van der Waals surface area (Å²) in [6, 6.07) is 13.1. The second-order valence-corrected chi connectivity index (χ2v) is 6.28. The smallest absolute Gasteiger partial charge is 0.216 e. The van der Waals surface area contributed by atoms with Crippen LogP contribution in [0.3, 0.4) is 0 Å². The van der Waals surface area contributed by atoms with E-state index in [4.69, 9.17) is 12.2 Å². The van der Waals surface area contributed by atoms with E-state index in [1.807, 2.05) is 31.2 Å². The van der Waals surface area contributed by atoms with E-state index in [1.165, 1.54) is 4.68 Å². The predicted octanol–water partition coefficient (Wildman–Crippen LogP) is 4.27. The van der Waals surface area contributed by atoms with E-state index in [-0.39, 0.29) is 5.75 Å². The van der Waals surface area contributed by atoms with Gasteiger partial charge in [0, 0.05) is 15.6 Å². The van der Waals surface area contributed by atoms with Crippen molar-refractivity contribution in [3.63, 3.8) is 0 Å². The molecule has 7 heteroatoms. The van der Waals surface area contributed by atoms with E-state index >= 15 is 0 Å². The molecule has 116 valence electrons. The van der Waals surface area contributed by atoms with Crippen molar-refractivity contribution in [1.29, 1.82) is 0 Å². The molecule has 1 aromatic heterocycles. The SMILES string of the molecule is Cc1ccc(-c2n[nH]c(=S)n2/N=C\c2cc(Br)ccc2O)cc1. The van der Waals surface area contributed by atoms with E-state index in [0.29, 0.717) is 16.2 Å². The molecule has 0 aliphatic carbocycles. The normalized spacial score (nSPS) is 11.2. The van der Waals surface area contributed by atoms with Crippen molar-refractivity contribution in [2.75, 3.05) is 0 Å². The number of aryl methyl sites for hydroxylation is 1. The first kappa shape index (κ1) is 15.6. The number of hydrogen-bond donors (Lipinski definition) is 2. The Bertz CT molecular complexity index is 928. The van der Waals surface area contributed by atoms with Gasteiger partial charge >= 0.3 is 0 Å². The second-order valence-electron chi connectivity index (χ2n) is 4.98. The summed E-state index contributed by atoms with van der Waals surface area (Å²) in [6.07, 6.45) is 1.54. The first-order valence-electron chi connectivity index (χ1n) is 6.82. The summed E-state index contributed by atoms with van der Waals surface area (Å²) in [5.41, 5.74) is 2.65. The first-order valence-corrected chi connectivity index (χ1v) is 8.02. The molecular weight excluding hydrogens is 376 g/mol. The van der Waals surface area contributed by atoms with E-state index in [9.17, 15) is 5.11 Å². The highest BCUT2D eigenvalue weighted by Crippen LogP contribution is 2.21. The van der Waals surface area contributed by atoms with Crippen molar-refractivity contribution >= 4 is 34.4 Å². The van der Waals surface area contributed by atoms with Crippen LogP contribution in [0.4, 0.5) is 0 Å². The molecule has 2 aromatic carbocycles. The molecule has 0 atom stereocenters. The summed E-state index contributed by atoms with van der Waals surface area (Å²) in [5.74, 6) is 0.754. The van der Waals surface area contributed by atoms with Crippen molar-refractivity contribution in [3.05, 3.63) is 62.8 Å². The van der Waals surface area contributed by atoms with Crippen molar-refractivity contribution in [2.24, 2.45) is 5.10 Å². The quantitative estimate of drug-likeness (QED) is 0.520. The van der Waals surface area contributed by atoms with Crippen molar-refractivity contribution in [1.82, 2.24) is 14.9 Å². The van der Waals surface area contributed by atoms with Crippen LogP contribution in [0.2, 0.25) is 0 Å². The third kappa shape index (κ3) is 3.40. The molecule has 0 saturated carbocycles. The molecule has 23 heavy (non-hydrogen) atoms. The van der Waals surface area contributed by atoms with Gasteiger partial charge in [-0.15, -0.1) is 0 Å². The number of nitrogens with one attached hydrogen (secondary N) is 1. The zero-order valence-electron chi connectivity index (χ0n) is 12.2. The largest absolute Gasteiger partial charge is 0.507 e. The van der Waals surface area contributed by atoms with Crippen LogP contribution < -0.4 is 0 Å². The molecule has 0 aliphatic heterocycles. The highest BCUT2D eigenvalue weighted by atomic mass is 79.9. The van der Waals surface area contributed by atoms with Gasteiger partial charge in [-0.05, 0) is 37.3 Å². The Morgan fingerprint density at radius 2 is 2.00 bits per heavy atom. The van der Waals surface area contributed by atoms with E-state index in [1.54, 1.807) is 24.4 Å². The van der Waals surface area contributed by atoms with Gasteiger partial charge in [0.15, 0.2) is 5.82 Å². The summed E-state index contributed by atoms with van der Waals surface area (Å²) in [5, 5.41) is 21.2. The number of phenolic OH excluding ortho intramolecular Hbond substituents is 1. The topological polar surface area (TPSA) is 66.2 Å². The Hall–Kier alpha value is -2.25. The molecule has 0 aliphatic rings. The monoisotopic (exact) mass is 388 g/mol. The minimum absolute atomic E-state index is 0.142. The van der Waals surface area contributed by atoms with Gasteiger partial charge in [-0.2, -0.15) is 14.9 Å². The first-order chi connectivity index (χ1) is 11.0. The summed E-state index contributed by atoms with van der Waals surface area (Å²) in [6.45, 7) is 2.02. The summed E-state index contributed by atoms with van der Waals surface area (Å²) in [7, 11) is 0. The van der Waals surface area contributed by atoms with E-state index < -0.39 is 0 Å². The van der Waals surface area contributed by atoms with Crippen molar-refractivity contribution in [3.8, 4) is 17.1 Å². The van der Waals surface area contributed by atoms with Crippen LogP contribution in [0.5, 0.6) is 5.75 Å². The number of phenols is 1. The predicted molar refractivity (Wildman–Crippen MR) is 96.4 cm³/mol. The molecule has 0 spiro atoms. The van der Waals surface area contributed by atoms with Gasteiger partial charge in [0.25, 0.3) is 0 Å². The van der Waals surface area contributed by atoms with Gasteiger partial charge in [0.05, 0.1) is 6.21 Å². The Morgan fingerprint density at radius 3 is 2.74 bits per heavy atom. The zero-order chi connectivity index (χ0) is 16.4. The summed E-state index contributed by atoms with van der Waals surface area (Å²) in [4.78, 5) is 0. The number of rotatable bonds is 3. The number of aromatic amines is 1. The van der Waals surface area contributed by atoms with Crippen LogP contribution in [-0.4, -0.2) is 26.2 Å². The molecular formula is C16H13BrN4OS. The Morgan fingerprint density at radius 1 is 1.26 bits per heavy atom. The highest BCUT2D eigenvalue weighted by molar-refractivity contribution is 9.10. The average molecular weight is 389 g/mol. The second kappa shape index (κ2) is 6.47. The lowest BCUT2D eigenvalue weighted by Gasteiger charge is -2.02. The van der Waals surface area contributed by atoms with Gasteiger partial charge in [-0.1, -0.05) is 45.8 Å². The molecule has 3 aromatic rings. The van der Waals surface area contributed by atoms with Crippen LogP contribution in [-0.2, 0) is 0 Å². The third-order valence-electron chi connectivity index (χ3n) is 3.26. The van der Waals surface area contributed by atoms with Gasteiger partial charge in [0.2, 0.25) is 4.77 Å². The number of aromatic nitrogens is 3. The number of aromatic hydroxyl groups is 1. The maximum Gasteiger partial charge on any atom is 0.216 e. The van der Waals surface area contributed by atoms with Crippen molar-refractivity contribution in [2.45, 2.75) is 6.92 Å². The fourth-order valence-electron chi connectivity index (χ4n) is 2.04. The Balaban J connectivity index is 2.02. The molecule has 0 radical (unpaired) electrons. The van der Waals surface area contributed by atoms with Crippen LogP contribution in [0, 0.1) is 11.7 Å². The van der Waals surface area contributed by atoms with Gasteiger partial charge < -0.3 is 5.11 Å². The standard InChI is InChI=1S/C16H13BrN4OS/c1-10-2-4-11(5-3-10)15-19-20-16(23)21(15)18-9-12-8-13(17)6-7-14(12)22/h2-9,22H,1H3,(H,20,23)/b18-9-. The maximum atomic E-state index is 9.88. The van der Waals surface area contributed by atoms with Crippen LogP contribution in [0.15, 0.2) is 52.0 Å². The molecule has 0 bridgehead atoms. The van der Waals surface area contributed by atoms with Gasteiger partial charge in [-0.3, -0.25) is 0 Å². The Kier molecular flexibility index (Phi) is 4.40. The van der Waals surface area contributed by atoms with Gasteiger partial charge in [0.1, 0.15) is 5.75 Å². The molecule has 0 saturated heterocycles. The molecule has 2 N–H and O–H groups in total. The van der Waals surface area contributed by atoms with Crippen LogP contribution in [0.25, 0.3) is 11.4 Å². The minimum Gasteiger partial charge on any atom is -0.507 e. The molecule has 0 fully saturated rings. The van der Waals surface area contributed by atoms with Gasteiger partial charge in [-0.25, -0.2) is 5.10 Å². The third-order valence-corrected chi connectivity index (χ3v) is 4.02. The molecule has 3 rings (SSSR count). The lowest BCUT2D eigenvalue weighted by atomic mass is 10.1. The average Bonchev–Trinajstić information content (AvgIpc) is 2.90. The van der Waals surface area contributed by atoms with Crippen LogP contribution in [0.1, 0.15) is 11.1 Å². The fraction of sp³-hybridized carbons (Fsp3) is 0.0625. The maximum absolute atomic E-state index is 9.88. The number of hydrogen-bond acceptors (Lipinski definition) is 4. The summed E-state index contributed by atoms with van der Waals surface area (Å²) < 4.78 is 2.76. The van der Waals surface area contributed by atoms with E-state index in [2.05, 4.69) is 31.2 Å².